The van der Waals surface area contributed by atoms with E-state index in [9.17, 15) is 13.2 Å². The Hall–Kier alpha value is -1.90. The van der Waals surface area contributed by atoms with Crippen molar-refractivity contribution in [2.75, 3.05) is 17.8 Å². The molecule has 1 aliphatic rings. The zero-order valence-electron chi connectivity index (χ0n) is 14.0. The highest BCUT2D eigenvalue weighted by Gasteiger charge is 2.28. The quantitative estimate of drug-likeness (QED) is 0.885. The van der Waals surface area contributed by atoms with Crippen molar-refractivity contribution in [2.45, 2.75) is 30.3 Å². The number of hydrogen-bond donors (Lipinski definition) is 1. The molecule has 0 bridgehead atoms. The van der Waals surface area contributed by atoms with E-state index in [4.69, 9.17) is 4.74 Å². The molecule has 8 heteroatoms. The first kappa shape index (κ1) is 17.9. The molecule has 0 aliphatic carbocycles. The van der Waals surface area contributed by atoms with Gasteiger partial charge in [-0.25, -0.2) is 8.42 Å². The average Bonchev–Trinajstić information content (AvgIpc) is 3.09. The first-order valence-electron chi connectivity index (χ1n) is 7.97. The van der Waals surface area contributed by atoms with Gasteiger partial charge in [0.15, 0.2) is 0 Å². The van der Waals surface area contributed by atoms with Crippen molar-refractivity contribution in [1.29, 1.82) is 0 Å². The number of morpholine rings is 1. The zero-order valence-corrected chi connectivity index (χ0v) is 15.6. The third kappa shape index (κ3) is 4.02. The number of benzene rings is 1. The van der Waals surface area contributed by atoms with Gasteiger partial charge in [0.05, 0.1) is 23.5 Å². The van der Waals surface area contributed by atoms with Crippen LogP contribution in [0, 0.1) is 0 Å². The van der Waals surface area contributed by atoms with Gasteiger partial charge < -0.3 is 9.64 Å². The van der Waals surface area contributed by atoms with Crippen LogP contribution in [0.15, 0.2) is 46.0 Å². The van der Waals surface area contributed by atoms with Crippen LogP contribution < -0.4 is 4.72 Å². The van der Waals surface area contributed by atoms with Crippen LogP contribution in [0.4, 0.5) is 5.69 Å². The highest BCUT2D eigenvalue weighted by atomic mass is 32.2. The van der Waals surface area contributed by atoms with E-state index in [1.807, 2.05) is 13.8 Å². The summed E-state index contributed by atoms with van der Waals surface area (Å²) in [7, 11) is -3.71. The molecule has 1 saturated heterocycles. The van der Waals surface area contributed by atoms with Gasteiger partial charge in [-0.05, 0) is 37.4 Å². The number of anilines is 1. The van der Waals surface area contributed by atoms with Gasteiger partial charge in [-0.2, -0.15) is 0 Å². The Bertz CT molecular complexity index is 839. The molecule has 1 N–H and O–H groups in total. The maximum absolute atomic E-state index is 12.9. The molecular formula is C17H20N2O4S2. The van der Waals surface area contributed by atoms with Crippen molar-refractivity contribution in [1.82, 2.24) is 4.90 Å². The van der Waals surface area contributed by atoms with E-state index in [0.29, 0.717) is 18.7 Å². The molecule has 1 aliphatic heterocycles. The molecule has 25 heavy (non-hydrogen) atoms. The molecule has 134 valence electrons. The van der Waals surface area contributed by atoms with E-state index in [2.05, 4.69) is 4.72 Å². The molecule has 6 nitrogen and oxygen atoms in total. The Morgan fingerprint density at radius 3 is 2.48 bits per heavy atom. The molecule has 2 atom stereocenters. The summed E-state index contributed by atoms with van der Waals surface area (Å²) < 4.78 is 33.3. The van der Waals surface area contributed by atoms with Crippen LogP contribution in [0.25, 0.3) is 0 Å². The lowest BCUT2D eigenvalue weighted by Crippen LogP contribution is -2.48. The van der Waals surface area contributed by atoms with E-state index in [1.54, 1.807) is 40.6 Å². The van der Waals surface area contributed by atoms with Crippen LogP contribution in [0.3, 0.4) is 0 Å². The number of rotatable bonds is 4. The van der Waals surface area contributed by atoms with Crippen molar-refractivity contribution >= 4 is 33.0 Å². The number of nitrogens with one attached hydrogen (secondary N) is 1. The molecule has 1 amide bonds. The second kappa shape index (κ2) is 7.15. The fraction of sp³-hybridized carbons (Fsp3) is 0.353. The summed E-state index contributed by atoms with van der Waals surface area (Å²) in [5, 5.41) is 1.70. The number of carbonyl (C=O) groups is 1. The Morgan fingerprint density at radius 2 is 1.84 bits per heavy atom. The van der Waals surface area contributed by atoms with Crippen LogP contribution in [0.1, 0.15) is 24.2 Å². The summed E-state index contributed by atoms with van der Waals surface area (Å²) >= 11 is 1.13. The van der Waals surface area contributed by atoms with E-state index >= 15 is 0 Å². The lowest BCUT2D eigenvalue weighted by atomic mass is 10.1. The Balaban J connectivity index is 1.87. The van der Waals surface area contributed by atoms with Crippen molar-refractivity contribution in [3.05, 3.63) is 47.3 Å². The fourth-order valence-corrected chi connectivity index (χ4v) is 4.96. The predicted molar refractivity (Wildman–Crippen MR) is 97.5 cm³/mol. The Morgan fingerprint density at radius 1 is 1.16 bits per heavy atom. The SMILES string of the molecule is CC1CN(C(=O)c2ccccc2NS(=O)(=O)c2cccs2)CC(C)O1. The van der Waals surface area contributed by atoms with Crippen molar-refractivity contribution < 1.29 is 17.9 Å². The number of para-hydroxylation sites is 1. The number of hydrogen-bond acceptors (Lipinski definition) is 5. The summed E-state index contributed by atoms with van der Waals surface area (Å²) in [5.41, 5.74) is 0.622. The monoisotopic (exact) mass is 380 g/mol. The number of thiophene rings is 1. The predicted octanol–water partition coefficient (Wildman–Crippen LogP) is 2.80. The second-order valence-electron chi connectivity index (χ2n) is 6.05. The number of sulfonamides is 1. The molecule has 2 unspecified atom stereocenters. The molecule has 3 rings (SSSR count). The number of carbonyl (C=O) groups excluding carboxylic acids is 1. The minimum atomic E-state index is -3.71. The van der Waals surface area contributed by atoms with E-state index in [-0.39, 0.29) is 28.0 Å². The summed E-state index contributed by atoms with van der Waals surface area (Å²) in [6, 6.07) is 9.87. The van der Waals surface area contributed by atoms with Crippen molar-refractivity contribution in [3.63, 3.8) is 0 Å². The van der Waals surface area contributed by atoms with Gasteiger partial charge in [-0.3, -0.25) is 9.52 Å². The summed E-state index contributed by atoms with van der Waals surface area (Å²) in [5.74, 6) is -0.202. The standard InChI is InChI=1S/C17H20N2O4S2/c1-12-10-19(11-13(2)23-12)17(20)14-6-3-4-7-15(14)18-25(21,22)16-8-5-9-24-16/h3-9,12-13,18H,10-11H2,1-2H3. The normalized spacial score (nSPS) is 21.1. The summed E-state index contributed by atoms with van der Waals surface area (Å²) in [4.78, 5) is 14.6. The van der Waals surface area contributed by atoms with E-state index in [0.717, 1.165) is 11.3 Å². The van der Waals surface area contributed by atoms with Crippen molar-refractivity contribution in [2.24, 2.45) is 0 Å². The number of nitrogens with zero attached hydrogens (tertiary/aromatic N) is 1. The minimum Gasteiger partial charge on any atom is -0.372 e. The molecule has 0 radical (unpaired) electrons. The summed E-state index contributed by atoms with van der Waals surface area (Å²) in [6.45, 7) is 4.80. The molecule has 1 aromatic heterocycles. The minimum absolute atomic E-state index is 0.0531. The van der Waals surface area contributed by atoms with Crippen LogP contribution >= 0.6 is 11.3 Å². The molecule has 1 aromatic carbocycles. The number of amides is 1. The van der Waals surface area contributed by atoms with Crippen molar-refractivity contribution in [3.8, 4) is 0 Å². The molecule has 0 spiro atoms. The van der Waals surface area contributed by atoms with Gasteiger partial charge in [0.25, 0.3) is 15.9 Å². The topological polar surface area (TPSA) is 75.7 Å². The van der Waals surface area contributed by atoms with Gasteiger partial charge >= 0.3 is 0 Å². The molecule has 2 heterocycles. The first-order valence-corrected chi connectivity index (χ1v) is 10.3. The highest BCUT2D eigenvalue weighted by molar-refractivity contribution is 7.94. The Kier molecular flexibility index (Phi) is 5.12. The van der Waals surface area contributed by atoms with Crippen LogP contribution in [-0.2, 0) is 14.8 Å². The molecule has 0 saturated carbocycles. The average molecular weight is 380 g/mol. The third-order valence-corrected chi connectivity index (χ3v) is 6.63. The van der Waals surface area contributed by atoms with Crippen LogP contribution in [0.5, 0.6) is 0 Å². The van der Waals surface area contributed by atoms with Crippen LogP contribution in [0.2, 0.25) is 0 Å². The maximum atomic E-state index is 12.9. The first-order chi connectivity index (χ1) is 11.9. The molecular weight excluding hydrogens is 360 g/mol. The van der Waals surface area contributed by atoms with Gasteiger partial charge in [0.1, 0.15) is 4.21 Å². The maximum Gasteiger partial charge on any atom is 0.271 e. The largest absolute Gasteiger partial charge is 0.372 e. The van der Waals surface area contributed by atoms with Gasteiger partial charge in [-0.15, -0.1) is 11.3 Å². The third-order valence-electron chi connectivity index (χ3n) is 3.87. The van der Waals surface area contributed by atoms with E-state index in [1.165, 1.54) is 6.07 Å². The Labute approximate surface area is 151 Å². The lowest BCUT2D eigenvalue weighted by Gasteiger charge is -2.35. The number of ether oxygens (including phenoxy) is 1. The summed E-state index contributed by atoms with van der Waals surface area (Å²) in [6.07, 6.45) is -0.106. The molecule has 2 aromatic rings. The fourth-order valence-electron chi connectivity index (χ4n) is 2.88. The van der Waals surface area contributed by atoms with Gasteiger partial charge in [-0.1, -0.05) is 18.2 Å². The highest BCUT2D eigenvalue weighted by Crippen LogP contribution is 2.24. The smallest absolute Gasteiger partial charge is 0.271 e. The van der Waals surface area contributed by atoms with Gasteiger partial charge in [0, 0.05) is 13.1 Å². The molecule has 1 fully saturated rings. The lowest BCUT2D eigenvalue weighted by molar-refractivity contribution is -0.0585. The van der Waals surface area contributed by atoms with Gasteiger partial charge in [0.2, 0.25) is 0 Å². The van der Waals surface area contributed by atoms with E-state index < -0.39 is 10.0 Å². The second-order valence-corrected chi connectivity index (χ2v) is 8.91. The van der Waals surface area contributed by atoms with Crippen LogP contribution in [-0.4, -0.2) is 44.5 Å². The zero-order chi connectivity index (χ0) is 18.0.